The maximum absolute atomic E-state index is 6.04. The molecule has 1 aromatic carbocycles. The van der Waals surface area contributed by atoms with Crippen LogP contribution in [0.2, 0.25) is 0 Å². The molecule has 3 aromatic rings. The largest absolute Gasteiger partial charge is 0.491 e. The summed E-state index contributed by atoms with van der Waals surface area (Å²) < 4.78 is 7.84. The number of nitrogen functional groups attached to an aromatic ring is 1. The molecule has 5 nitrogen and oxygen atoms in total. The molecule has 146 valence electrons. The van der Waals surface area contributed by atoms with Gasteiger partial charge in [-0.15, -0.1) is 13.2 Å². The Bertz CT molecular complexity index is 947. The summed E-state index contributed by atoms with van der Waals surface area (Å²) in [6.07, 6.45) is 5.88. The predicted octanol–water partition coefficient (Wildman–Crippen LogP) is 4.54. The molecule has 2 aromatic heterocycles. The van der Waals surface area contributed by atoms with E-state index in [1.54, 1.807) is 0 Å². The number of ether oxygens (including phenoxy) is 1. The fourth-order valence-corrected chi connectivity index (χ4v) is 3.24. The number of anilines is 1. The fraction of sp³-hybridized carbons (Fsp3) is 0.261. The molecule has 0 saturated carbocycles. The lowest BCUT2D eigenvalue weighted by molar-refractivity contribution is 0.242. The summed E-state index contributed by atoms with van der Waals surface area (Å²) in [6, 6.07) is 11.9. The summed E-state index contributed by atoms with van der Waals surface area (Å²) in [7, 11) is 0. The second-order valence-corrected chi connectivity index (χ2v) is 7.06. The molecule has 5 heteroatoms. The van der Waals surface area contributed by atoms with Gasteiger partial charge in [-0.05, 0) is 50.2 Å². The number of hydrogen-bond acceptors (Lipinski definition) is 4. The Morgan fingerprint density at radius 2 is 1.79 bits per heavy atom. The van der Waals surface area contributed by atoms with Crippen molar-refractivity contribution < 1.29 is 4.74 Å². The van der Waals surface area contributed by atoms with Crippen molar-refractivity contribution in [3.63, 3.8) is 0 Å². The first-order chi connectivity index (χ1) is 13.5. The van der Waals surface area contributed by atoms with Crippen molar-refractivity contribution >= 4 is 11.3 Å². The van der Waals surface area contributed by atoms with Crippen molar-refractivity contribution in [1.29, 1.82) is 0 Å². The molecule has 2 N–H and O–H groups in total. The number of hydrogen-bond donors (Lipinski definition) is 1. The Kier molecular flexibility index (Phi) is 6.16. The summed E-state index contributed by atoms with van der Waals surface area (Å²) in [6.45, 7) is 14.0. The number of fused-ring (bicyclic) bond motifs is 1. The zero-order valence-electron chi connectivity index (χ0n) is 16.6. The molecular weight excluding hydrogens is 348 g/mol. The van der Waals surface area contributed by atoms with Gasteiger partial charge in [0.2, 0.25) is 0 Å². The third-order valence-corrected chi connectivity index (χ3v) is 4.39. The molecule has 0 bridgehead atoms. The van der Waals surface area contributed by atoms with E-state index in [0.717, 1.165) is 41.4 Å². The third kappa shape index (κ3) is 4.43. The topological polar surface area (TPSA) is 55.8 Å². The minimum atomic E-state index is 0.144. The normalized spacial score (nSPS) is 11.3. The first kappa shape index (κ1) is 19.7. The molecule has 0 atom stereocenters. The van der Waals surface area contributed by atoms with E-state index in [2.05, 4.69) is 34.6 Å². The number of nitrogens with zero attached hydrogens (tertiary/aromatic N) is 3. The second kappa shape index (κ2) is 8.76. The number of pyridine rings is 1. The van der Waals surface area contributed by atoms with Gasteiger partial charge in [-0.3, -0.25) is 4.90 Å². The van der Waals surface area contributed by atoms with E-state index in [9.17, 15) is 0 Å². The minimum Gasteiger partial charge on any atom is -0.491 e. The third-order valence-electron chi connectivity index (χ3n) is 4.39. The van der Waals surface area contributed by atoms with Crippen molar-refractivity contribution in [2.24, 2.45) is 0 Å². The van der Waals surface area contributed by atoms with Crippen LogP contribution in [0.25, 0.3) is 16.9 Å². The van der Waals surface area contributed by atoms with Gasteiger partial charge in [-0.1, -0.05) is 12.2 Å². The first-order valence-electron chi connectivity index (χ1n) is 9.49. The molecule has 0 aliphatic rings. The molecule has 0 aliphatic heterocycles. The van der Waals surface area contributed by atoms with Crippen LogP contribution >= 0.6 is 0 Å². The minimum absolute atomic E-state index is 0.144. The molecule has 0 radical (unpaired) electrons. The van der Waals surface area contributed by atoms with Gasteiger partial charge in [-0.2, -0.15) is 0 Å². The quantitative estimate of drug-likeness (QED) is 0.557. The molecular formula is C23H28N4O. The maximum Gasteiger partial charge on any atom is 0.137 e. The highest BCUT2D eigenvalue weighted by molar-refractivity contribution is 5.68. The standard InChI is InChI=1S/C23H28N4O/c1-5-13-26(14-6-2)16-21-23(25-22-12-9-19(24)15-27(21)22)18-7-10-20(11-8-18)28-17(3)4/h5-12,15,17H,1-2,13-14,16,24H2,3-4H3. The van der Waals surface area contributed by atoms with Crippen LogP contribution in [0.3, 0.4) is 0 Å². The van der Waals surface area contributed by atoms with Crippen LogP contribution in [0.4, 0.5) is 5.69 Å². The molecule has 0 fully saturated rings. The Hall–Kier alpha value is -3.05. The van der Waals surface area contributed by atoms with E-state index >= 15 is 0 Å². The highest BCUT2D eigenvalue weighted by Crippen LogP contribution is 2.28. The van der Waals surface area contributed by atoms with E-state index in [0.29, 0.717) is 12.2 Å². The van der Waals surface area contributed by atoms with Gasteiger partial charge in [0.15, 0.2) is 0 Å². The Balaban J connectivity index is 2.05. The van der Waals surface area contributed by atoms with Crippen LogP contribution in [-0.4, -0.2) is 33.5 Å². The Labute approximate surface area is 166 Å². The van der Waals surface area contributed by atoms with Gasteiger partial charge in [0.1, 0.15) is 11.4 Å². The van der Waals surface area contributed by atoms with Crippen molar-refractivity contribution in [2.45, 2.75) is 26.5 Å². The Morgan fingerprint density at radius 3 is 2.39 bits per heavy atom. The van der Waals surface area contributed by atoms with Crippen LogP contribution < -0.4 is 10.5 Å². The summed E-state index contributed by atoms with van der Waals surface area (Å²) in [5, 5.41) is 0. The van der Waals surface area contributed by atoms with Crippen molar-refractivity contribution in [1.82, 2.24) is 14.3 Å². The fourth-order valence-electron chi connectivity index (χ4n) is 3.24. The average Bonchev–Trinajstić information content (AvgIpc) is 3.00. The monoisotopic (exact) mass is 376 g/mol. The van der Waals surface area contributed by atoms with Crippen LogP contribution in [0.15, 0.2) is 67.9 Å². The van der Waals surface area contributed by atoms with E-state index in [-0.39, 0.29) is 6.10 Å². The summed E-state index contributed by atoms with van der Waals surface area (Å²) in [4.78, 5) is 7.13. The van der Waals surface area contributed by atoms with Crippen molar-refractivity contribution in [3.05, 3.63) is 73.6 Å². The van der Waals surface area contributed by atoms with E-state index in [4.69, 9.17) is 15.5 Å². The molecule has 28 heavy (non-hydrogen) atoms. The first-order valence-corrected chi connectivity index (χ1v) is 9.49. The zero-order valence-corrected chi connectivity index (χ0v) is 16.6. The van der Waals surface area contributed by atoms with E-state index in [1.165, 1.54) is 0 Å². The summed E-state index contributed by atoms with van der Waals surface area (Å²) in [5.41, 5.74) is 10.7. The number of benzene rings is 1. The number of rotatable bonds is 9. The van der Waals surface area contributed by atoms with Crippen molar-refractivity contribution in [2.75, 3.05) is 18.8 Å². The summed E-state index contributed by atoms with van der Waals surface area (Å²) >= 11 is 0. The lowest BCUT2D eigenvalue weighted by Gasteiger charge is -2.19. The van der Waals surface area contributed by atoms with Gasteiger partial charge in [0.05, 0.1) is 17.5 Å². The molecule has 0 aliphatic carbocycles. The highest BCUT2D eigenvalue weighted by Gasteiger charge is 2.17. The maximum atomic E-state index is 6.04. The molecule has 0 unspecified atom stereocenters. The lowest BCUT2D eigenvalue weighted by Crippen LogP contribution is -2.24. The lowest BCUT2D eigenvalue weighted by atomic mass is 10.1. The van der Waals surface area contributed by atoms with E-state index < -0.39 is 0 Å². The van der Waals surface area contributed by atoms with E-state index in [1.807, 2.05) is 56.5 Å². The van der Waals surface area contributed by atoms with Gasteiger partial charge in [0, 0.05) is 37.1 Å². The van der Waals surface area contributed by atoms with Gasteiger partial charge < -0.3 is 14.9 Å². The SMILES string of the molecule is C=CCN(CC=C)Cc1c(-c2ccc(OC(C)C)cc2)nc2ccc(N)cn12. The second-order valence-electron chi connectivity index (χ2n) is 7.06. The van der Waals surface area contributed by atoms with Gasteiger partial charge in [0.25, 0.3) is 0 Å². The highest BCUT2D eigenvalue weighted by atomic mass is 16.5. The number of aromatic nitrogens is 2. The Morgan fingerprint density at radius 1 is 1.11 bits per heavy atom. The van der Waals surface area contributed by atoms with Gasteiger partial charge in [-0.25, -0.2) is 4.98 Å². The van der Waals surface area contributed by atoms with Crippen molar-refractivity contribution in [3.8, 4) is 17.0 Å². The number of imidazole rings is 1. The molecule has 0 saturated heterocycles. The van der Waals surface area contributed by atoms with Crippen LogP contribution in [0.1, 0.15) is 19.5 Å². The van der Waals surface area contributed by atoms with Gasteiger partial charge >= 0.3 is 0 Å². The summed E-state index contributed by atoms with van der Waals surface area (Å²) in [5.74, 6) is 0.855. The molecule has 0 amide bonds. The number of nitrogens with two attached hydrogens (primary N) is 1. The van der Waals surface area contributed by atoms with Crippen LogP contribution in [0, 0.1) is 0 Å². The molecule has 3 rings (SSSR count). The predicted molar refractivity (Wildman–Crippen MR) is 116 cm³/mol. The molecule has 2 heterocycles. The zero-order chi connectivity index (χ0) is 20.1. The van der Waals surface area contributed by atoms with Crippen LogP contribution in [0.5, 0.6) is 5.75 Å². The smallest absolute Gasteiger partial charge is 0.137 e. The van der Waals surface area contributed by atoms with Crippen LogP contribution in [-0.2, 0) is 6.54 Å². The average molecular weight is 377 g/mol. The molecule has 0 spiro atoms.